The Kier molecular flexibility index (Phi) is 5.55. The molecule has 6 heteroatoms. The van der Waals surface area contributed by atoms with Crippen molar-refractivity contribution in [3.63, 3.8) is 0 Å². The van der Waals surface area contributed by atoms with Gasteiger partial charge >= 0.3 is 0 Å². The molecule has 0 saturated carbocycles. The van der Waals surface area contributed by atoms with Gasteiger partial charge in [-0.25, -0.2) is 4.98 Å². The first kappa shape index (κ1) is 15.0. The van der Waals surface area contributed by atoms with Gasteiger partial charge in [0.15, 0.2) is 0 Å². The Balaban J connectivity index is 1.98. The first-order valence-electron chi connectivity index (χ1n) is 6.90. The molecule has 0 aliphatic rings. The van der Waals surface area contributed by atoms with Crippen LogP contribution in [0.5, 0.6) is 5.88 Å². The zero-order valence-corrected chi connectivity index (χ0v) is 13.0. The molecule has 0 saturated heterocycles. The Hall–Kier alpha value is -1.40. The first-order valence-corrected chi connectivity index (χ1v) is 7.78. The van der Waals surface area contributed by atoms with E-state index in [-0.39, 0.29) is 0 Å². The summed E-state index contributed by atoms with van der Waals surface area (Å²) in [6.07, 6.45) is 0. The number of anilines is 1. The molecule has 0 spiro atoms. The number of aromatic nitrogens is 2. The molecular weight excluding hydrogens is 274 g/mol. The molecular formula is C14H21N3O2S. The molecule has 0 fully saturated rings. The second-order valence-corrected chi connectivity index (χ2v) is 5.73. The van der Waals surface area contributed by atoms with E-state index in [2.05, 4.69) is 29.1 Å². The molecule has 1 N–H and O–H groups in total. The van der Waals surface area contributed by atoms with Crippen LogP contribution in [0.15, 0.2) is 11.4 Å². The minimum absolute atomic E-state index is 0.500. The number of hydrogen-bond donors (Lipinski definition) is 1. The van der Waals surface area contributed by atoms with Gasteiger partial charge in [0.25, 0.3) is 0 Å². The zero-order chi connectivity index (χ0) is 14.4. The molecule has 110 valence electrons. The number of nitrogens with zero attached hydrogens (tertiary/aromatic N) is 2. The van der Waals surface area contributed by atoms with Crippen molar-refractivity contribution in [2.45, 2.75) is 20.8 Å². The summed E-state index contributed by atoms with van der Waals surface area (Å²) in [6.45, 7) is 8.88. The minimum atomic E-state index is 0.500. The highest BCUT2D eigenvalue weighted by Gasteiger charge is 2.09. The SMILES string of the molecule is CCNc1nc(OCCOCC(C)C)c2ccsc2n1. The number of fused-ring (bicyclic) bond motifs is 1. The van der Waals surface area contributed by atoms with Crippen LogP contribution in [0.3, 0.4) is 0 Å². The van der Waals surface area contributed by atoms with E-state index in [0.717, 1.165) is 23.4 Å². The zero-order valence-electron chi connectivity index (χ0n) is 12.2. The lowest BCUT2D eigenvalue weighted by atomic mass is 10.2. The monoisotopic (exact) mass is 295 g/mol. The Morgan fingerprint density at radius 3 is 2.90 bits per heavy atom. The Labute approximate surface area is 123 Å². The molecule has 5 nitrogen and oxygen atoms in total. The van der Waals surface area contributed by atoms with Crippen molar-refractivity contribution in [1.29, 1.82) is 0 Å². The fourth-order valence-electron chi connectivity index (χ4n) is 1.69. The van der Waals surface area contributed by atoms with E-state index >= 15 is 0 Å². The standard InChI is InChI=1S/C14H21N3O2S/c1-4-15-14-16-12(11-5-8-20-13(11)17-14)19-7-6-18-9-10(2)3/h5,8,10H,4,6-7,9H2,1-3H3,(H,15,16,17). The molecule has 2 aromatic heterocycles. The van der Waals surface area contributed by atoms with Crippen LogP contribution in [0.25, 0.3) is 10.2 Å². The number of rotatable bonds is 8. The lowest BCUT2D eigenvalue weighted by Gasteiger charge is -2.10. The fourth-order valence-corrected chi connectivity index (χ4v) is 2.45. The number of hydrogen-bond acceptors (Lipinski definition) is 6. The van der Waals surface area contributed by atoms with E-state index < -0.39 is 0 Å². The van der Waals surface area contributed by atoms with Crippen molar-refractivity contribution < 1.29 is 9.47 Å². The first-order chi connectivity index (χ1) is 9.70. The van der Waals surface area contributed by atoms with Crippen LogP contribution in [0.2, 0.25) is 0 Å². The molecule has 2 aromatic rings. The van der Waals surface area contributed by atoms with Gasteiger partial charge < -0.3 is 14.8 Å². The van der Waals surface area contributed by atoms with Gasteiger partial charge in [0.1, 0.15) is 11.4 Å². The fraction of sp³-hybridized carbons (Fsp3) is 0.571. The highest BCUT2D eigenvalue weighted by atomic mass is 32.1. The highest BCUT2D eigenvalue weighted by molar-refractivity contribution is 7.16. The molecule has 2 rings (SSSR count). The van der Waals surface area contributed by atoms with E-state index in [1.807, 2.05) is 18.4 Å². The van der Waals surface area contributed by atoms with Crippen molar-refractivity contribution in [3.05, 3.63) is 11.4 Å². The summed E-state index contributed by atoms with van der Waals surface area (Å²) >= 11 is 1.59. The minimum Gasteiger partial charge on any atom is -0.475 e. The molecule has 0 radical (unpaired) electrons. The second-order valence-electron chi connectivity index (χ2n) is 4.84. The molecule has 0 aliphatic heterocycles. The molecule has 0 aromatic carbocycles. The second kappa shape index (κ2) is 7.40. The third-order valence-electron chi connectivity index (χ3n) is 2.54. The summed E-state index contributed by atoms with van der Waals surface area (Å²) in [5.74, 6) is 1.78. The van der Waals surface area contributed by atoms with Crippen LogP contribution in [-0.2, 0) is 4.74 Å². The van der Waals surface area contributed by atoms with Gasteiger partial charge in [0.05, 0.1) is 12.0 Å². The van der Waals surface area contributed by atoms with E-state index in [1.54, 1.807) is 11.3 Å². The average Bonchev–Trinajstić information content (AvgIpc) is 2.86. The van der Waals surface area contributed by atoms with Crippen molar-refractivity contribution in [3.8, 4) is 5.88 Å². The number of nitrogens with one attached hydrogen (secondary N) is 1. The topological polar surface area (TPSA) is 56.3 Å². The van der Waals surface area contributed by atoms with Crippen LogP contribution >= 0.6 is 11.3 Å². The quantitative estimate of drug-likeness (QED) is 0.758. The van der Waals surface area contributed by atoms with Gasteiger partial charge in [0, 0.05) is 13.2 Å². The third kappa shape index (κ3) is 4.05. The van der Waals surface area contributed by atoms with E-state index in [0.29, 0.717) is 31.0 Å². The maximum atomic E-state index is 5.74. The van der Waals surface area contributed by atoms with Gasteiger partial charge in [-0.05, 0) is 24.3 Å². The predicted molar refractivity (Wildman–Crippen MR) is 82.7 cm³/mol. The average molecular weight is 295 g/mol. The van der Waals surface area contributed by atoms with Crippen LogP contribution in [0.1, 0.15) is 20.8 Å². The maximum Gasteiger partial charge on any atom is 0.227 e. The van der Waals surface area contributed by atoms with Gasteiger partial charge in [0.2, 0.25) is 11.8 Å². The summed E-state index contributed by atoms with van der Waals surface area (Å²) in [6, 6.07) is 1.99. The Bertz CT molecular complexity index is 542. The van der Waals surface area contributed by atoms with E-state index in [9.17, 15) is 0 Å². The van der Waals surface area contributed by atoms with Gasteiger partial charge in [-0.1, -0.05) is 13.8 Å². The van der Waals surface area contributed by atoms with Gasteiger partial charge in [-0.2, -0.15) is 4.98 Å². The van der Waals surface area contributed by atoms with Crippen molar-refractivity contribution in [1.82, 2.24) is 9.97 Å². The summed E-state index contributed by atoms with van der Waals surface area (Å²) in [7, 11) is 0. The van der Waals surface area contributed by atoms with Crippen molar-refractivity contribution in [2.75, 3.05) is 31.7 Å². The largest absolute Gasteiger partial charge is 0.475 e. The van der Waals surface area contributed by atoms with Crippen LogP contribution in [0, 0.1) is 5.92 Å². The van der Waals surface area contributed by atoms with Crippen molar-refractivity contribution >= 4 is 27.5 Å². The molecule has 0 amide bonds. The summed E-state index contributed by atoms with van der Waals surface area (Å²) in [4.78, 5) is 9.78. The molecule has 0 bridgehead atoms. The molecule has 0 unspecified atom stereocenters. The van der Waals surface area contributed by atoms with Crippen molar-refractivity contribution in [2.24, 2.45) is 5.92 Å². The number of thiophene rings is 1. The molecule has 0 aliphatic carbocycles. The van der Waals surface area contributed by atoms with Crippen LogP contribution < -0.4 is 10.1 Å². The summed E-state index contributed by atoms with van der Waals surface area (Å²) in [5, 5.41) is 6.08. The third-order valence-corrected chi connectivity index (χ3v) is 3.35. The van der Waals surface area contributed by atoms with E-state index in [4.69, 9.17) is 9.47 Å². The normalized spacial score (nSPS) is 11.2. The van der Waals surface area contributed by atoms with Crippen LogP contribution in [-0.4, -0.2) is 36.3 Å². The maximum absolute atomic E-state index is 5.74. The summed E-state index contributed by atoms with van der Waals surface area (Å²) < 4.78 is 11.2. The van der Waals surface area contributed by atoms with Gasteiger partial charge in [-0.3, -0.25) is 0 Å². The smallest absolute Gasteiger partial charge is 0.227 e. The van der Waals surface area contributed by atoms with E-state index in [1.165, 1.54) is 0 Å². The molecule has 2 heterocycles. The number of ether oxygens (including phenoxy) is 2. The summed E-state index contributed by atoms with van der Waals surface area (Å²) in [5.41, 5.74) is 0. The van der Waals surface area contributed by atoms with Gasteiger partial charge in [-0.15, -0.1) is 11.3 Å². The lowest BCUT2D eigenvalue weighted by Crippen LogP contribution is -2.11. The lowest BCUT2D eigenvalue weighted by molar-refractivity contribution is 0.0811. The highest BCUT2D eigenvalue weighted by Crippen LogP contribution is 2.28. The Morgan fingerprint density at radius 2 is 2.15 bits per heavy atom. The molecule has 20 heavy (non-hydrogen) atoms. The van der Waals surface area contributed by atoms with Crippen LogP contribution in [0.4, 0.5) is 5.95 Å². The molecule has 0 atom stereocenters. The predicted octanol–water partition coefficient (Wildman–Crippen LogP) is 3.17. The Morgan fingerprint density at radius 1 is 1.30 bits per heavy atom.